The van der Waals surface area contributed by atoms with E-state index in [0.717, 1.165) is 17.8 Å². The molecule has 4 rings (SSSR count). The second kappa shape index (κ2) is 7.44. The van der Waals surface area contributed by atoms with Gasteiger partial charge in [-0.1, -0.05) is 58.4 Å². The van der Waals surface area contributed by atoms with E-state index in [-0.39, 0.29) is 18.9 Å². The minimum Gasteiger partial charge on any atom is -0.414 e. The van der Waals surface area contributed by atoms with Crippen LogP contribution < -0.4 is 18.9 Å². The Balaban J connectivity index is 0.00000225. The van der Waals surface area contributed by atoms with Crippen molar-refractivity contribution in [3.8, 4) is 0 Å². The molecule has 4 aliphatic rings. The van der Waals surface area contributed by atoms with Gasteiger partial charge in [-0.05, 0) is 91.7 Å². The fourth-order valence-electron chi connectivity index (χ4n) is 6.80. The van der Waals surface area contributed by atoms with Crippen LogP contribution in [0.15, 0.2) is 23.8 Å². The molecular weight excluding hydrogens is 351 g/mol. The van der Waals surface area contributed by atoms with Crippen LogP contribution in [-0.2, 0) is 4.43 Å². The molecule has 2 saturated carbocycles. The van der Waals surface area contributed by atoms with Crippen LogP contribution in [0, 0.1) is 28.6 Å². The molecule has 0 N–H and O–H groups in total. The molecule has 4 aliphatic carbocycles. The molecule has 0 aromatic heterocycles. The summed E-state index contributed by atoms with van der Waals surface area (Å²) >= 11 is 0. The van der Waals surface area contributed by atoms with E-state index in [0.29, 0.717) is 22.0 Å². The summed E-state index contributed by atoms with van der Waals surface area (Å²) in [6.45, 7) is 17.1. The average molecular weight is 394 g/mol. The molecule has 0 spiro atoms. The Labute approximate surface area is 187 Å². The molecular formula is C25H42LiOSi+. The summed E-state index contributed by atoms with van der Waals surface area (Å²) in [6.07, 6.45) is 17.5. The number of fused-ring (bicyclic) bond motifs is 5. The number of hydrogen-bond acceptors (Lipinski definition) is 1. The smallest absolute Gasteiger partial charge is 0.414 e. The van der Waals surface area contributed by atoms with Gasteiger partial charge >= 0.3 is 18.9 Å². The first-order valence-corrected chi connectivity index (χ1v) is 14.4. The summed E-state index contributed by atoms with van der Waals surface area (Å²) in [5.41, 5.74) is 2.69. The minimum absolute atomic E-state index is 0. The molecule has 28 heavy (non-hydrogen) atoms. The Bertz CT molecular complexity index is 660. The zero-order chi connectivity index (χ0) is 19.7. The fraction of sp³-hybridized carbons (Fsp3) is 0.840. The fourth-order valence-corrected chi connectivity index (χ4v) is 8.19. The van der Waals surface area contributed by atoms with Gasteiger partial charge in [0, 0.05) is 6.10 Å². The van der Waals surface area contributed by atoms with E-state index in [4.69, 9.17) is 4.43 Å². The molecule has 152 valence electrons. The Morgan fingerprint density at radius 3 is 2.43 bits per heavy atom. The molecule has 0 aromatic rings. The summed E-state index contributed by atoms with van der Waals surface area (Å²) in [5, 5.41) is 0.309. The van der Waals surface area contributed by atoms with Gasteiger partial charge in [0.1, 0.15) is 0 Å². The molecule has 0 bridgehead atoms. The predicted molar refractivity (Wildman–Crippen MR) is 118 cm³/mol. The van der Waals surface area contributed by atoms with Crippen LogP contribution in [0.25, 0.3) is 0 Å². The number of allylic oxidation sites excluding steroid dienone is 3. The van der Waals surface area contributed by atoms with Gasteiger partial charge in [-0.2, -0.15) is 0 Å². The Hall–Kier alpha value is 0.254. The van der Waals surface area contributed by atoms with E-state index >= 15 is 0 Å². The van der Waals surface area contributed by atoms with Crippen LogP contribution in [0.1, 0.15) is 79.6 Å². The largest absolute Gasteiger partial charge is 1.00 e. The monoisotopic (exact) mass is 393 g/mol. The van der Waals surface area contributed by atoms with Crippen LogP contribution in [0.3, 0.4) is 0 Å². The number of hydrogen-bond donors (Lipinski definition) is 0. The van der Waals surface area contributed by atoms with Gasteiger partial charge in [0.05, 0.1) is 0 Å². The zero-order valence-corrected chi connectivity index (χ0v) is 20.9. The Morgan fingerprint density at radius 1 is 1.04 bits per heavy atom. The summed E-state index contributed by atoms with van der Waals surface area (Å²) in [7, 11) is -1.67. The van der Waals surface area contributed by atoms with Gasteiger partial charge in [0.15, 0.2) is 8.32 Å². The maximum atomic E-state index is 6.85. The third-order valence-electron chi connectivity index (χ3n) is 9.65. The molecule has 0 heterocycles. The van der Waals surface area contributed by atoms with Crippen molar-refractivity contribution in [2.75, 3.05) is 0 Å². The summed E-state index contributed by atoms with van der Waals surface area (Å²) in [6, 6.07) is 0. The molecule has 0 amide bonds. The average Bonchev–Trinajstić information content (AvgIpc) is 2.95. The normalized spacial score (nSPS) is 42.8. The topological polar surface area (TPSA) is 9.23 Å². The van der Waals surface area contributed by atoms with Crippen molar-refractivity contribution < 1.29 is 23.3 Å². The van der Waals surface area contributed by atoms with Crippen molar-refractivity contribution in [1.82, 2.24) is 0 Å². The van der Waals surface area contributed by atoms with E-state index in [2.05, 4.69) is 65.9 Å². The molecule has 1 nitrogen and oxygen atoms in total. The summed E-state index contributed by atoms with van der Waals surface area (Å²) in [5.74, 6) is 2.71. The first-order chi connectivity index (χ1) is 12.5. The maximum Gasteiger partial charge on any atom is 1.00 e. The molecule has 2 fully saturated rings. The molecule has 3 unspecified atom stereocenters. The van der Waals surface area contributed by atoms with Crippen LogP contribution in [0.2, 0.25) is 18.1 Å². The summed E-state index contributed by atoms with van der Waals surface area (Å²) < 4.78 is 6.85. The van der Waals surface area contributed by atoms with E-state index in [1.807, 2.05) is 0 Å². The molecule has 6 atom stereocenters. The van der Waals surface area contributed by atoms with Crippen LogP contribution >= 0.6 is 0 Å². The van der Waals surface area contributed by atoms with Crippen molar-refractivity contribution in [2.24, 2.45) is 28.6 Å². The van der Waals surface area contributed by atoms with Gasteiger partial charge < -0.3 is 4.43 Å². The number of rotatable bonds is 2. The summed E-state index contributed by atoms with van der Waals surface area (Å²) in [4.78, 5) is 0. The van der Waals surface area contributed by atoms with Crippen molar-refractivity contribution in [3.05, 3.63) is 23.8 Å². The molecule has 0 radical (unpaired) electrons. The Kier molecular flexibility index (Phi) is 6.09. The minimum atomic E-state index is -1.67. The predicted octanol–water partition coefficient (Wildman–Crippen LogP) is 4.51. The van der Waals surface area contributed by atoms with Gasteiger partial charge in [-0.3, -0.25) is 0 Å². The quantitative estimate of drug-likeness (QED) is 0.495. The zero-order valence-electron chi connectivity index (χ0n) is 19.9. The van der Waals surface area contributed by atoms with Crippen molar-refractivity contribution in [3.63, 3.8) is 0 Å². The molecule has 0 saturated heterocycles. The van der Waals surface area contributed by atoms with E-state index < -0.39 is 8.32 Å². The van der Waals surface area contributed by atoms with Crippen molar-refractivity contribution in [1.29, 1.82) is 0 Å². The van der Waals surface area contributed by atoms with E-state index in [1.54, 1.807) is 5.57 Å². The van der Waals surface area contributed by atoms with Gasteiger partial charge in [-0.15, -0.1) is 0 Å². The standard InChI is InChI=1S/C25H42OSi.Li/c1-23(2,3)27(6,7)26-19-12-16-25(5)18(17-19)10-11-20-21-9-8-14-24(21,4)15-13-22(20)25;/h8,10,14,19-22H,9,11-13,15-17H2,1-7H3;/q;+1/t19-,20?,21?,22?,24-,25-;/m0./s1. The van der Waals surface area contributed by atoms with E-state index in [9.17, 15) is 0 Å². The van der Waals surface area contributed by atoms with Crippen LogP contribution in [0.5, 0.6) is 0 Å². The van der Waals surface area contributed by atoms with Gasteiger partial charge in [-0.25, -0.2) is 0 Å². The second-order valence-electron chi connectivity index (χ2n) is 12.2. The van der Waals surface area contributed by atoms with Gasteiger partial charge in [0.2, 0.25) is 0 Å². The molecule has 0 aromatic carbocycles. The maximum absolute atomic E-state index is 6.85. The third-order valence-corrected chi connectivity index (χ3v) is 14.2. The third kappa shape index (κ3) is 3.59. The molecule has 0 aliphatic heterocycles. The van der Waals surface area contributed by atoms with Crippen molar-refractivity contribution in [2.45, 2.75) is 104 Å². The van der Waals surface area contributed by atoms with Crippen LogP contribution in [0.4, 0.5) is 0 Å². The Morgan fingerprint density at radius 2 is 1.75 bits per heavy atom. The molecule has 3 heteroatoms. The SMILES string of the molecule is CC(C)(C)[Si](C)(C)O[C@H]1CC[C@@]2(C)C(=CCC3C4CC=C[C@@]4(C)CCC32)C1.[Li+]. The first-order valence-electron chi connectivity index (χ1n) is 11.5. The second-order valence-corrected chi connectivity index (χ2v) is 16.9. The van der Waals surface area contributed by atoms with Crippen molar-refractivity contribution >= 4 is 8.32 Å². The first kappa shape index (κ1) is 22.9. The van der Waals surface area contributed by atoms with Crippen LogP contribution in [-0.4, -0.2) is 14.4 Å². The van der Waals surface area contributed by atoms with Gasteiger partial charge in [0.25, 0.3) is 0 Å². The van der Waals surface area contributed by atoms with E-state index in [1.165, 1.54) is 44.9 Å².